The van der Waals surface area contributed by atoms with Crippen LogP contribution in [0, 0.1) is 5.92 Å². The lowest BCUT2D eigenvalue weighted by molar-refractivity contribution is -0.142. The highest BCUT2D eigenvalue weighted by Crippen LogP contribution is 2.36. The highest BCUT2D eigenvalue weighted by Gasteiger charge is 2.38. The van der Waals surface area contributed by atoms with Crippen LogP contribution in [0.3, 0.4) is 0 Å². The summed E-state index contributed by atoms with van der Waals surface area (Å²) in [6, 6.07) is 10.8. The summed E-state index contributed by atoms with van der Waals surface area (Å²) in [6.07, 6.45) is 2.62. The van der Waals surface area contributed by atoms with Gasteiger partial charge in [-0.3, -0.25) is 19.2 Å². The van der Waals surface area contributed by atoms with E-state index in [0.29, 0.717) is 57.9 Å². The van der Waals surface area contributed by atoms with Gasteiger partial charge in [0.15, 0.2) is 11.0 Å². The molecule has 2 aromatic rings. The maximum atomic E-state index is 13.1. The average Bonchev–Trinajstić information content (AvgIpc) is 3.42. The molecule has 3 aliphatic rings. The van der Waals surface area contributed by atoms with Gasteiger partial charge < -0.3 is 24.4 Å². The molecule has 5 rings (SSSR count). The maximum absolute atomic E-state index is 13.1. The van der Waals surface area contributed by atoms with Gasteiger partial charge in [0.1, 0.15) is 0 Å². The lowest BCUT2D eigenvalue weighted by Crippen LogP contribution is -2.53. The minimum Gasteiger partial charge on any atom is -0.459 e. The predicted molar refractivity (Wildman–Crippen MR) is 125 cm³/mol. The van der Waals surface area contributed by atoms with Crippen LogP contribution in [0.5, 0.6) is 0 Å². The summed E-state index contributed by atoms with van der Waals surface area (Å²) in [5.41, 5.74) is 0.733. The molecule has 34 heavy (non-hydrogen) atoms. The Bertz CT molecular complexity index is 1090. The van der Waals surface area contributed by atoms with Gasteiger partial charge in [0, 0.05) is 50.1 Å². The Labute approximate surface area is 201 Å². The molecule has 10 heteroatoms. The van der Waals surface area contributed by atoms with Crippen molar-refractivity contribution in [1.29, 1.82) is 0 Å². The van der Waals surface area contributed by atoms with Crippen molar-refractivity contribution in [2.75, 3.05) is 44.6 Å². The third kappa shape index (κ3) is 4.42. The Hall–Kier alpha value is -3.27. The number of thioether (sulfide) groups is 1. The number of benzene rings is 1. The van der Waals surface area contributed by atoms with Crippen LogP contribution >= 0.6 is 11.8 Å². The summed E-state index contributed by atoms with van der Waals surface area (Å²) in [5.74, 6) is -0.413. The zero-order valence-electron chi connectivity index (χ0n) is 18.6. The number of nitrogens with one attached hydrogen (secondary N) is 1. The van der Waals surface area contributed by atoms with Crippen molar-refractivity contribution in [2.24, 2.45) is 5.92 Å². The normalized spacial score (nSPS) is 21.1. The van der Waals surface area contributed by atoms with Crippen LogP contribution < -0.4 is 5.32 Å². The first-order valence-corrected chi connectivity index (χ1v) is 12.4. The molecular weight excluding hydrogens is 456 g/mol. The van der Waals surface area contributed by atoms with Crippen molar-refractivity contribution >= 4 is 41.1 Å². The van der Waals surface area contributed by atoms with Crippen LogP contribution in [-0.4, -0.2) is 82.8 Å². The number of rotatable bonds is 3. The molecule has 1 aromatic carbocycles. The van der Waals surface area contributed by atoms with E-state index in [-0.39, 0.29) is 29.5 Å². The number of hydrogen-bond donors (Lipinski definition) is 1. The smallest absolute Gasteiger partial charge is 0.289 e. The molecule has 9 nitrogen and oxygen atoms in total. The van der Waals surface area contributed by atoms with Gasteiger partial charge in [-0.05, 0) is 37.1 Å². The van der Waals surface area contributed by atoms with Crippen LogP contribution in [-0.2, 0) is 14.4 Å². The molecule has 1 aromatic heterocycles. The fourth-order valence-electron chi connectivity index (χ4n) is 4.67. The van der Waals surface area contributed by atoms with Crippen molar-refractivity contribution in [3.8, 4) is 0 Å². The van der Waals surface area contributed by atoms with E-state index in [0.717, 1.165) is 10.6 Å². The number of carbonyl (C=O) groups excluding carboxylic acids is 4. The quantitative estimate of drug-likeness (QED) is 0.671. The molecule has 178 valence electrons. The number of hydrogen-bond acceptors (Lipinski definition) is 6. The van der Waals surface area contributed by atoms with Gasteiger partial charge in [0.25, 0.3) is 5.91 Å². The molecule has 1 atom stereocenters. The summed E-state index contributed by atoms with van der Waals surface area (Å²) < 4.78 is 5.18. The number of likely N-dealkylation sites (tertiary alicyclic amines) is 1. The van der Waals surface area contributed by atoms with Gasteiger partial charge >= 0.3 is 0 Å². The van der Waals surface area contributed by atoms with Crippen LogP contribution in [0.2, 0.25) is 0 Å². The van der Waals surface area contributed by atoms with Gasteiger partial charge in [0.2, 0.25) is 17.7 Å². The van der Waals surface area contributed by atoms with E-state index in [2.05, 4.69) is 5.32 Å². The number of para-hydroxylation sites is 1. The SMILES string of the molecule is O=C1Nc2ccccc2S[C@@H]1C(=O)N1CCC(C(=O)N2CCN(C(=O)c3ccco3)CC2)CC1. The van der Waals surface area contributed by atoms with Crippen LogP contribution in [0.25, 0.3) is 0 Å². The summed E-state index contributed by atoms with van der Waals surface area (Å²) in [7, 11) is 0. The molecule has 0 radical (unpaired) electrons. The minimum absolute atomic E-state index is 0.0795. The van der Waals surface area contributed by atoms with Crippen LogP contribution in [0.1, 0.15) is 23.4 Å². The molecule has 2 saturated heterocycles. The largest absolute Gasteiger partial charge is 0.459 e. The van der Waals surface area contributed by atoms with Crippen LogP contribution in [0.4, 0.5) is 5.69 Å². The molecule has 0 aliphatic carbocycles. The average molecular weight is 483 g/mol. The zero-order valence-corrected chi connectivity index (χ0v) is 19.5. The third-order valence-corrected chi connectivity index (χ3v) is 7.88. The number of nitrogens with zero attached hydrogens (tertiary/aromatic N) is 3. The van der Waals surface area contributed by atoms with E-state index in [9.17, 15) is 19.2 Å². The number of piperazine rings is 1. The molecule has 1 N–H and O–H groups in total. The number of anilines is 1. The summed E-state index contributed by atoms with van der Waals surface area (Å²) >= 11 is 1.28. The van der Waals surface area contributed by atoms with Gasteiger partial charge in [-0.1, -0.05) is 12.1 Å². The predicted octanol–water partition coefficient (Wildman–Crippen LogP) is 1.92. The van der Waals surface area contributed by atoms with E-state index >= 15 is 0 Å². The molecule has 0 unspecified atom stereocenters. The molecule has 4 heterocycles. The van der Waals surface area contributed by atoms with Gasteiger partial charge in [0.05, 0.1) is 12.0 Å². The van der Waals surface area contributed by atoms with Gasteiger partial charge in [-0.2, -0.15) is 0 Å². The van der Waals surface area contributed by atoms with E-state index in [1.807, 2.05) is 29.2 Å². The number of carbonyl (C=O) groups is 4. The van der Waals surface area contributed by atoms with Crippen molar-refractivity contribution < 1.29 is 23.6 Å². The van der Waals surface area contributed by atoms with Gasteiger partial charge in [-0.25, -0.2) is 0 Å². The number of fused-ring (bicyclic) bond motifs is 1. The highest BCUT2D eigenvalue weighted by atomic mass is 32.2. The van der Waals surface area contributed by atoms with E-state index in [1.165, 1.54) is 18.0 Å². The van der Waals surface area contributed by atoms with Crippen LogP contribution in [0.15, 0.2) is 52.0 Å². The Morgan fingerprint density at radius 2 is 1.53 bits per heavy atom. The van der Waals surface area contributed by atoms with Crippen molar-refractivity contribution in [2.45, 2.75) is 23.0 Å². The second-order valence-electron chi connectivity index (χ2n) is 8.68. The summed E-state index contributed by atoms with van der Waals surface area (Å²) in [5, 5.41) is 2.01. The van der Waals surface area contributed by atoms with Crippen molar-refractivity contribution in [1.82, 2.24) is 14.7 Å². The Balaban J connectivity index is 1.11. The van der Waals surface area contributed by atoms with E-state index < -0.39 is 5.25 Å². The summed E-state index contributed by atoms with van der Waals surface area (Å²) in [4.78, 5) is 57.1. The number of amides is 4. The third-order valence-electron chi connectivity index (χ3n) is 6.62. The van der Waals surface area contributed by atoms with Crippen molar-refractivity contribution in [3.63, 3.8) is 0 Å². The highest BCUT2D eigenvalue weighted by molar-refractivity contribution is 8.01. The maximum Gasteiger partial charge on any atom is 0.289 e. The van der Waals surface area contributed by atoms with Crippen molar-refractivity contribution in [3.05, 3.63) is 48.4 Å². The molecular formula is C24H26N4O5S. The lowest BCUT2D eigenvalue weighted by atomic mass is 9.94. The second kappa shape index (κ2) is 9.54. The second-order valence-corrected chi connectivity index (χ2v) is 9.82. The first kappa shape index (κ1) is 22.5. The molecule has 4 amide bonds. The topological polar surface area (TPSA) is 103 Å². The molecule has 0 bridgehead atoms. The summed E-state index contributed by atoms with van der Waals surface area (Å²) in [6.45, 7) is 2.83. The Morgan fingerprint density at radius 1 is 0.853 bits per heavy atom. The minimum atomic E-state index is -0.804. The zero-order chi connectivity index (χ0) is 23.7. The Morgan fingerprint density at radius 3 is 2.24 bits per heavy atom. The first-order chi connectivity index (χ1) is 16.5. The fraction of sp³-hybridized carbons (Fsp3) is 0.417. The standard InChI is InChI=1S/C24H26N4O5S/c29-21-20(34-19-6-2-1-4-17(19)25-21)24(32)26-9-7-16(8-10-26)22(30)27-11-13-28(14-12-27)23(31)18-5-3-15-33-18/h1-6,15-16,20H,7-14H2,(H,25,29)/t20-/m0/s1. The number of furan rings is 1. The Kier molecular flexibility index (Phi) is 6.32. The fourth-order valence-corrected chi connectivity index (χ4v) is 5.74. The monoisotopic (exact) mass is 482 g/mol. The van der Waals surface area contributed by atoms with E-state index in [4.69, 9.17) is 4.42 Å². The molecule has 0 saturated carbocycles. The molecule has 0 spiro atoms. The van der Waals surface area contributed by atoms with Gasteiger partial charge in [-0.15, -0.1) is 11.8 Å². The van der Waals surface area contributed by atoms with E-state index in [1.54, 1.807) is 21.9 Å². The lowest BCUT2D eigenvalue weighted by Gasteiger charge is -2.39. The molecule has 3 aliphatic heterocycles. The molecule has 2 fully saturated rings. The number of piperidine rings is 1. The first-order valence-electron chi connectivity index (χ1n) is 11.5.